The minimum atomic E-state index is -0.0861. The summed E-state index contributed by atoms with van der Waals surface area (Å²) in [5.41, 5.74) is 0.939. The first-order valence-electron chi connectivity index (χ1n) is 4.40. The molecule has 1 atom stereocenters. The quantitative estimate of drug-likeness (QED) is 0.660. The molecule has 0 saturated carbocycles. The van der Waals surface area contributed by atoms with Gasteiger partial charge in [0.05, 0.1) is 6.04 Å². The lowest BCUT2D eigenvalue weighted by Crippen LogP contribution is -2.37. The largest absolute Gasteiger partial charge is 0.308 e. The van der Waals surface area contributed by atoms with Gasteiger partial charge in [0, 0.05) is 23.4 Å². The Kier molecular flexibility index (Phi) is 2.74. The van der Waals surface area contributed by atoms with E-state index in [2.05, 4.69) is 20.8 Å². The molecule has 1 aliphatic rings. The molecule has 0 bridgehead atoms. The van der Waals surface area contributed by atoms with Crippen molar-refractivity contribution >= 4 is 23.5 Å². The fourth-order valence-corrected chi connectivity index (χ4v) is 2.20. The van der Waals surface area contributed by atoms with Crippen LogP contribution in [0.5, 0.6) is 0 Å². The number of thioether (sulfide) groups is 1. The van der Waals surface area contributed by atoms with Crippen molar-refractivity contribution in [2.45, 2.75) is 13.0 Å². The van der Waals surface area contributed by atoms with Gasteiger partial charge < -0.3 is 5.32 Å². The van der Waals surface area contributed by atoms with Gasteiger partial charge in [-0.15, -0.1) is 11.8 Å². The first kappa shape index (κ1) is 9.54. The Balaban J connectivity index is 1.93. The van der Waals surface area contributed by atoms with Gasteiger partial charge in [0.25, 0.3) is 0 Å². The van der Waals surface area contributed by atoms with E-state index in [0.717, 1.165) is 17.3 Å². The van der Waals surface area contributed by atoms with Gasteiger partial charge in [-0.2, -0.15) is 5.10 Å². The molecule has 14 heavy (non-hydrogen) atoms. The molecular formula is C8H12N4OS. The predicted octanol–water partition coefficient (Wildman–Crippen LogP) is 0.319. The second-order valence-electron chi connectivity index (χ2n) is 3.20. The van der Waals surface area contributed by atoms with E-state index in [1.54, 1.807) is 17.8 Å². The molecule has 1 unspecified atom stereocenters. The number of H-pyrrole nitrogens is 1. The van der Waals surface area contributed by atoms with Crippen molar-refractivity contribution in [3.63, 3.8) is 0 Å². The molecule has 3 N–H and O–H groups in total. The summed E-state index contributed by atoms with van der Waals surface area (Å²) in [4.78, 5) is 11.6. The number of nitrogens with zero attached hydrogens (tertiary/aromatic N) is 1. The van der Waals surface area contributed by atoms with Gasteiger partial charge in [0.2, 0.25) is 5.91 Å². The number of aromatic nitrogens is 2. The van der Waals surface area contributed by atoms with Crippen molar-refractivity contribution < 1.29 is 4.79 Å². The third-order valence-corrected chi connectivity index (χ3v) is 2.93. The molecule has 2 heterocycles. The minimum absolute atomic E-state index is 0.0125. The van der Waals surface area contributed by atoms with Crippen LogP contribution in [0.2, 0.25) is 0 Å². The maximum atomic E-state index is 11.6. The number of aryl methyl sites for hydroxylation is 1. The van der Waals surface area contributed by atoms with E-state index >= 15 is 0 Å². The first-order chi connectivity index (χ1) is 6.75. The number of hydrogen-bond donors (Lipinski definition) is 3. The van der Waals surface area contributed by atoms with Crippen LogP contribution in [0.4, 0.5) is 5.82 Å². The van der Waals surface area contributed by atoms with Crippen LogP contribution in [0.3, 0.4) is 0 Å². The predicted molar refractivity (Wildman–Crippen MR) is 56.2 cm³/mol. The van der Waals surface area contributed by atoms with Gasteiger partial charge >= 0.3 is 0 Å². The highest BCUT2D eigenvalue weighted by molar-refractivity contribution is 7.99. The zero-order chi connectivity index (χ0) is 9.97. The van der Waals surface area contributed by atoms with E-state index in [-0.39, 0.29) is 11.9 Å². The number of aromatic amines is 1. The van der Waals surface area contributed by atoms with Crippen LogP contribution in [0.1, 0.15) is 5.69 Å². The summed E-state index contributed by atoms with van der Waals surface area (Å²) < 4.78 is 0. The number of nitrogens with one attached hydrogen (secondary N) is 3. The summed E-state index contributed by atoms with van der Waals surface area (Å²) in [7, 11) is 0. The van der Waals surface area contributed by atoms with E-state index in [4.69, 9.17) is 0 Å². The van der Waals surface area contributed by atoms with Crippen LogP contribution in [0, 0.1) is 6.92 Å². The molecule has 1 aromatic heterocycles. The third-order valence-electron chi connectivity index (χ3n) is 1.99. The lowest BCUT2D eigenvalue weighted by atomic mass is 10.3. The van der Waals surface area contributed by atoms with Gasteiger partial charge in [-0.25, -0.2) is 0 Å². The Morgan fingerprint density at radius 1 is 1.79 bits per heavy atom. The summed E-state index contributed by atoms with van der Waals surface area (Å²) in [5, 5.41) is 12.6. The number of rotatable bonds is 2. The molecule has 5 nitrogen and oxygen atoms in total. The lowest BCUT2D eigenvalue weighted by Gasteiger charge is -2.07. The van der Waals surface area contributed by atoms with E-state index in [0.29, 0.717) is 5.82 Å². The van der Waals surface area contributed by atoms with Crippen LogP contribution < -0.4 is 10.6 Å². The number of carbonyl (C=O) groups excluding carboxylic acids is 1. The summed E-state index contributed by atoms with van der Waals surface area (Å²) in [5.74, 6) is 2.25. The number of carbonyl (C=O) groups is 1. The van der Waals surface area contributed by atoms with Gasteiger partial charge in [-0.1, -0.05) is 0 Å². The Hall–Kier alpha value is -1.01. The highest BCUT2D eigenvalue weighted by atomic mass is 32.2. The molecule has 1 aliphatic heterocycles. The molecule has 0 aliphatic carbocycles. The molecule has 1 aromatic rings. The second-order valence-corrected chi connectivity index (χ2v) is 4.23. The second kappa shape index (κ2) is 4.02. The van der Waals surface area contributed by atoms with Crippen molar-refractivity contribution in [1.29, 1.82) is 0 Å². The molecular weight excluding hydrogens is 200 g/mol. The smallest absolute Gasteiger partial charge is 0.243 e. The summed E-state index contributed by atoms with van der Waals surface area (Å²) in [6, 6.07) is 1.72. The van der Waals surface area contributed by atoms with E-state index in [9.17, 15) is 4.79 Å². The molecule has 1 fully saturated rings. The Morgan fingerprint density at radius 2 is 2.64 bits per heavy atom. The zero-order valence-corrected chi connectivity index (χ0v) is 8.65. The molecule has 1 saturated heterocycles. The Morgan fingerprint density at radius 3 is 3.21 bits per heavy atom. The normalized spacial score (nSPS) is 21.1. The minimum Gasteiger partial charge on any atom is -0.308 e. The van der Waals surface area contributed by atoms with Crippen molar-refractivity contribution in [1.82, 2.24) is 15.5 Å². The SMILES string of the molecule is Cc1cc(NC(=O)C2CSCN2)n[nH]1. The molecule has 0 spiro atoms. The Bertz CT molecular complexity index is 332. The molecule has 6 heteroatoms. The average Bonchev–Trinajstić information content (AvgIpc) is 2.75. The third kappa shape index (κ3) is 2.08. The van der Waals surface area contributed by atoms with Gasteiger partial charge in [0.15, 0.2) is 5.82 Å². The number of anilines is 1. The molecule has 1 amide bonds. The van der Waals surface area contributed by atoms with Gasteiger partial charge in [0.1, 0.15) is 0 Å². The van der Waals surface area contributed by atoms with Crippen molar-refractivity contribution in [3.05, 3.63) is 11.8 Å². The van der Waals surface area contributed by atoms with Gasteiger partial charge in [-0.05, 0) is 6.92 Å². The van der Waals surface area contributed by atoms with Crippen LogP contribution in [0.15, 0.2) is 6.07 Å². The zero-order valence-electron chi connectivity index (χ0n) is 7.83. The molecule has 2 rings (SSSR count). The Labute approximate surface area is 86.0 Å². The fraction of sp³-hybridized carbons (Fsp3) is 0.500. The molecule has 76 valence electrons. The maximum Gasteiger partial charge on any atom is 0.243 e. The average molecular weight is 212 g/mol. The van der Waals surface area contributed by atoms with Gasteiger partial charge in [-0.3, -0.25) is 15.2 Å². The monoisotopic (exact) mass is 212 g/mol. The van der Waals surface area contributed by atoms with Crippen molar-refractivity contribution in [3.8, 4) is 0 Å². The fourth-order valence-electron chi connectivity index (χ4n) is 1.26. The number of amides is 1. The topological polar surface area (TPSA) is 69.8 Å². The van der Waals surface area contributed by atoms with Crippen molar-refractivity contribution in [2.24, 2.45) is 0 Å². The summed E-state index contributed by atoms with van der Waals surface area (Å²) >= 11 is 1.73. The summed E-state index contributed by atoms with van der Waals surface area (Å²) in [6.45, 7) is 1.90. The van der Waals surface area contributed by atoms with Crippen LogP contribution in [-0.4, -0.2) is 33.8 Å². The molecule has 0 radical (unpaired) electrons. The standard InChI is InChI=1S/C8H12N4OS/c1-5-2-7(12-11-5)10-8(13)6-3-14-4-9-6/h2,6,9H,3-4H2,1H3,(H2,10,11,12,13). The summed E-state index contributed by atoms with van der Waals surface area (Å²) in [6.07, 6.45) is 0. The first-order valence-corrected chi connectivity index (χ1v) is 5.55. The lowest BCUT2D eigenvalue weighted by molar-refractivity contribution is -0.117. The van der Waals surface area contributed by atoms with E-state index < -0.39 is 0 Å². The van der Waals surface area contributed by atoms with Crippen molar-refractivity contribution in [2.75, 3.05) is 16.9 Å². The number of hydrogen-bond acceptors (Lipinski definition) is 4. The van der Waals surface area contributed by atoms with E-state index in [1.807, 2.05) is 6.92 Å². The highest BCUT2D eigenvalue weighted by Crippen LogP contribution is 2.11. The van der Waals surface area contributed by atoms with Crippen LogP contribution in [0.25, 0.3) is 0 Å². The maximum absolute atomic E-state index is 11.6. The highest BCUT2D eigenvalue weighted by Gasteiger charge is 2.22. The van der Waals surface area contributed by atoms with Crippen LogP contribution >= 0.6 is 11.8 Å². The van der Waals surface area contributed by atoms with E-state index in [1.165, 1.54) is 0 Å². The van der Waals surface area contributed by atoms with Crippen LogP contribution in [-0.2, 0) is 4.79 Å². The molecule has 0 aromatic carbocycles.